The molecule has 212 valence electrons. The molecular weight excluding hydrogens is 468 g/mol. The zero-order valence-corrected chi connectivity index (χ0v) is 24.4. The maximum Gasteiger partial charge on any atom is 0.508 e. The molecule has 0 aliphatic rings. The molecule has 2 rings (SSSR count). The van der Waals surface area contributed by atoms with Crippen LogP contribution in [0.25, 0.3) is 0 Å². The van der Waals surface area contributed by atoms with Gasteiger partial charge in [-0.05, 0) is 74.3 Å². The van der Waals surface area contributed by atoms with E-state index in [2.05, 4.69) is 74.5 Å². The molecule has 2 atom stereocenters. The molecule has 0 amide bonds. The van der Waals surface area contributed by atoms with Crippen LogP contribution >= 0.6 is 0 Å². The van der Waals surface area contributed by atoms with E-state index < -0.39 is 6.16 Å². The molecule has 0 bridgehead atoms. The van der Waals surface area contributed by atoms with Gasteiger partial charge in [0.1, 0.15) is 0 Å². The second-order valence-electron chi connectivity index (χ2n) is 10.9. The highest BCUT2D eigenvalue weighted by Gasteiger charge is 2.13. The van der Waals surface area contributed by atoms with Gasteiger partial charge in [-0.3, -0.25) is 0 Å². The van der Waals surface area contributed by atoms with Gasteiger partial charge in [-0.25, -0.2) is 4.79 Å². The lowest BCUT2D eigenvalue weighted by Gasteiger charge is -2.18. The van der Waals surface area contributed by atoms with Crippen LogP contribution < -0.4 is 0 Å². The van der Waals surface area contributed by atoms with Gasteiger partial charge in [0.2, 0.25) is 0 Å². The standard InChI is InChI=1S/C35H54O3/c1-3-5-7-11-21-33(31-23-13-9-14-24-31)27-17-19-29-37-35(36)38-30-20-18-28-34(22-12-8-6-4-2)32-25-15-10-16-26-32/h9-10,13-16,23-26,33-34H,3-8,11-12,17-22,27-30H2,1-2H3. The van der Waals surface area contributed by atoms with Gasteiger partial charge in [0, 0.05) is 0 Å². The minimum atomic E-state index is -0.511. The van der Waals surface area contributed by atoms with Crippen molar-refractivity contribution in [2.75, 3.05) is 13.2 Å². The molecule has 0 aliphatic heterocycles. The summed E-state index contributed by atoms with van der Waals surface area (Å²) in [5.74, 6) is 1.21. The largest absolute Gasteiger partial charge is 0.508 e. The minimum absolute atomic E-state index is 0.448. The van der Waals surface area contributed by atoms with Crippen LogP contribution in [0.1, 0.15) is 140 Å². The number of benzene rings is 2. The molecule has 0 saturated heterocycles. The van der Waals surface area contributed by atoms with Gasteiger partial charge in [0.25, 0.3) is 0 Å². The van der Waals surface area contributed by atoms with Crippen molar-refractivity contribution in [2.24, 2.45) is 0 Å². The number of hydrogen-bond acceptors (Lipinski definition) is 3. The van der Waals surface area contributed by atoms with Crippen LogP contribution in [0.2, 0.25) is 0 Å². The fourth-order valence-corrected chi connectivity index (χ4v) is 5.38. The number of hydrogen-bond donors (Lipinski definition) is 0. The van der Waals surface area contributed by atoms with Crippen LogP contribution in [0.5, 0.6) is 0 Å². The summed E-state index contributed by atoms with van der Waals surface area (Å²) in [5, 5.41) is 0. The van der Waals surface area contributed by atoms with Crippen LogP contribution in [0, 0.1) is 0 Å². The van der Waals surface area contributed by atoms with Crippen molar-refractivity contribution < 1.29 is 14.3 Å². The molecule has 38 heavy (non-hydrogen) atoms. The Morgan fingerprint density at radius 3 is 1.26 bits per heavy atom. The van der Waals surface area contributed by atoms with E-state index in [9.17, 15) is 4.79 Å². The average Bonchev–Trinajstić information content (AvgIpc) is 2.96. The van der Waals surface area contributed by atoms with Crippen LogP contribution in [0.15, 0.2) is 60.7 Å². The predicted molar refractivity (Wildman–Crippen MR) is 161 cm³/mol. The molecule has 0 aromatic heterocycles. The van der Waals surface area contributed by atoms with E-state index in [0.29, 0.717) is 25.0 Å². The molecule has 0 radical (unpaired) electrons. The Kier molecular flexibility index (Phi) is 18.2. The smallest absolute Gasteiger partial charge is 0.434 e. The van der Waals surface area contributed by atoms with Crippen molar-refractivity contribution in [1.29, 1.82) is 0 Å². The Bertz CT molecular complexity index is 737. The lowest BCUT2D eigenvalue weighted by Crippen LogP contribution is -2.10. The molecule has 0 spiro atoms. The highest BCUT2D eigenvalue weighted by atomic mass is 16.7. The summed E-state index contributed by atoms with van der Waals surface area (Å²) in [6.07, 6.45) is 18.6. The van der Waals surface area contributed by atoms with Gasteiger partial charge in [-0.2, -0.15) is 0 Å². The molecule has 2 aromatic rings. The molecule has 2 unspecified atom stereocenters. The van der Waals surface area contributed by atoms with E-state index in [1.807, 2.05) is 0 Å². The fourth-order valence-electron chi connectivity index (χ4n) is 5.38. The highest BCUT2D eigenvalue weighted by molar-refractivity contribution is 5.59. The van der Waals surface area contributed by atoms with Gasteiger partial charge >= 0.3 is 6.16 Å². The fraction of sp³-hybridized carbons (Fsp3) is 0.629. The first-order chi connectivity index (χ1) is 18.7. The van der Waals surface area contributed by atoms with Crippen LogP contribution in [0.4, 0.5) is 4.79 Å². The normalized spacial score (nSPS) is 12.7. The third-order valence-electron chi connectivity index (χ3n) is 7.69. The van der Waals surface area contributed by atoms with E-state index in [1.165, 1.54) is 75.3 Å². The van der Waals surface area contributed by atoms with Crippen molar-refractivity contribution in [2.45, 2.75) is 128 Å². The van der Waals surface area contributed by atoms with Crippen molar-refractivity contribution in [3.05, 3.63) is 71.8 Å². The van der Waals surface area contributed by atoms with Gasteiger partial charge in [-0.15, -0.1) is 0 Å². The Morgan fingerprint density at radius 1 is 0.526 bits per heavy atom. The zero-order chi connectivity index (χ0) is 27.1. The maximum atomic E-state index is 12.0. The van der Waals surface area contributed by atoms with Crippen molar-refractivity contribution in [1.82, 2.24) is 0 Å². The molecule has 0 heterocycles. The summed E-state index contributed by atoms with van der Waals surface area (Å²) in [6.45, 7) is 5.42. The van der Waals surface area contributed by atoms with Gasteiger partial charge in [0.05, 0.1) is 13.2 Å². The summed E-state index contributed by atoms with van der Waals surface area (Å²) in [4.78, 5) is 12.0. The minimum Gasteiger partial charge on any atom is -0.434 e. The van der Waals surface area contributed by atoms with E-state index in [1.54, 1.807) is 0 Å². The lowest BCUT2D eigenvalue weighted by molar-refractivity contribution is 0.0527. The predicted octanol–water partition coefficient (Wildman–Crippen LogP) is 11.0. The monoisotopic (exact) mass is 522 g/mol. The summed E-state index contributed by atoms with van der Waals surface area (Å²) in [6, 6.07) is 21.8. The zero-order valence-electron chi connectivity index (χ0n) is 24.4. The Balaban J connectivity index is 1.58. The SMILES string of the molecule is CCCCCCC(CCCCOC(=O)OCCCCC(CCCCCC)c1ccccc1)c1ccccc1. The molecule has 2 aromatic carbocycles. The second-order valence-corrected chi connectivity index (χ2v) is 10.9. The van der Waals surface area contributed by atoms with Crippen molar-refractivity contribution in [3.63, 3.8) is 0 Å². The second kappa shape index (κ2) is 21.6. The summed E-state index contributed by atoms with van der Waals surface area (Å²) < 4.78 is 10.7. The van der Waals surface area contributed by atoms with Crippen molar-refractivity contribution >= 4 is 6.16 Å². The summed E-state index contributed by atoms with van der Waals surface area (Å²) >= 11 is 0. The van der Waals surface area contributed by atoms with Gasteiger partial charge < -0.3 is 9.47 Å². The van der Waals surface area contributed by atoms with Crippen molar-refractivity contribution in [3.8, 4) is 0 Å². The van der Waals surface area contributed by atoms with Crippen LogP contribution in [-0.2, 0) is 9.47 Å². The summed E-state index contributed by atoms with van der Waals surface area (Å²) in [7, 11) is 0. The number of carbonyl (C=O) groups excluding carboxylic acids is 1. The van der Waals surface area contributed by atoms with E-state index in [4.69, 9.17) is 9.47 Å². The van der Waals surface area contributed by atoms with Crippen LogP contribution in [0.3, 0.4) is 0 Å². The first kappa shape index (κ1) is 31.9. The quantitative estimate of drug-likeness (QED) is 0.114. The lowest BCUT2D eigenvalue weighted by atomic mass is 9.88. The third-order valence-corrected chi connectivity index (χ3v) is 7.69. The third kappa shape index (κ3) is 14.6. The van der Waals surface area contributed by atoms with Gasteiger partial charge in [-0.1, -0.05) is 126 Å². The molecule has 3 heteroatoms. The number of carbonyl (C=O) groups is 1. The number of ether oxygens (including phenoxy) is 2. The number of unbranched alkanes of at least 4 members (excludes halogenated alkanes) is 8. The molecule has 0 fully saturated rings. The Hall–Kier alpha value is -2.29. The molecule has 0 saturated carbocycles. The van der Waals surface area contributed by atoms with E-state index in [0.717, 1.165) is 38.5 Å². The Labute approximate surface area is 233 Å². The van der Waals surface area contributed by atoms with E-state index >= 15 is 0 Å². The Morgan fingerprint density at radius 2 is 0.895 bits per heavy atom. The average molecular weight is 523 g/mol. The summed E-state index contributed by atoms with van der Waals surface area (Å²) in [5.41, 5.74) is 2.89. The first-order valence-corrected chi connectivity index (χ1v) is 15.6. The van der Waals surface area contributed by atoms with Gasteiger partial charge in [0.15, 0.2) is 0 Å². The topological polar surface area (TPSA) is 35.5 Å². The highest BCUT2D eigenvalue weighted by Crippen LogP contribution is 2.29. The maximum absolute atomic E-state index is 12.0. The molecule has 3 nitrogen and oxygen atoms in total. The number of rotatable bonds is 22. The molecule has 0 N–H and O–H groups in total. The molecular formula is C35H54O3. The first-order valence-electron chi connectivity index (χ1n) is 15.6. The van der Waals surface area contributed by atoms with Crippen LogP contribution in [-0.4, -0.2) is 19.4 Å². The van der Waals surface area contributed by atoms with E-state index in [-0.39, 0.29) is 0 Å². The molecule has 0 aliphatic carbocycles.